The van der Waals surface area contributed by atoms with Crippen molar-refractivity contribution < 1.29 is 8.81 Å². The first-order chi connectivity index (χ1) is 12.6. The van der Waals surface area contributed by atoms with E-state index in [1.165, 1.54) is 6.39 Å². The highest BCUT2D eigenvalue weighted by atomic mass is 19.1. The van der Waals surface area contributed by atoms with Gasteiger partial charge in [0.2, 0.25) is 5.95 Å². The Morgan fingerprint density at radius 3 is 2.77 bits per heavy atom. The molecule has 0 bridgehead atoms. The van der Waals surface area contributed by atoms with E-state index in [1.54, 1.807) is 31.3 Å². The van der Waals surface area contributed by atoms with Gasteiger partial charge in [-0.2, -0.15) is 4.98 Å². The summed E-state index contributed by atoms with van der Waals surface area (Å²) in [5, 5.41) is 6.17. The number of anilines is 4. The SMILES string of the molecule is Cc1cnc(Nc2cccc(C)c2F)nc1Nc1ccc2ocnc2c1. The molecule has 6 nitrogen and oxygen atoms in total. The van der Waals surface area contributed by atoms with Gasteiger partial charge in [0, 0.05) is 17.4 Å². The molecule has 0 saturated carbocycles. The van der Waals surface area contributed by atoms with Crippen LogP contribution in [0.5, 0.6) is 0 Å². The number of hydrogen-bond donors (Lipinski definition) is 2. The van der Waals surface area contributed by atoms with Crippen LogP contribution in [-0.2, 0) is 0 Å². The Balaban J connectivity index is 1.62. The molecule has 7 heteroatoms. The van der Waals surface area contributed by atoms with Gasteiger partial charge in [0.15, 0.2) is 12.0 Å². The first-order valence-electron chi connectivity index (χ1n) is 8.06. The van der Waals surface area contributed by atoms with Crippen LogP contribution in [-0.4, -0.2) is 15.0 Å². The van der Waals surface area contributed by atoms with Crippen molar-refractivity contribution in [2.45, 2.75) is 13.8 Å². The first kappa shape index (κ1) is 16.0. The molecule has 26 heavy (non-hydrogen) atoms. The topological polar surface area (TPSA) is 75.9 Å². The minimum atomic E-state index is -0.317. The zero-order chi connectivity index (χ0) is 18.1. The lowest BCUT2D eigenvalue weighted by Crippen LogP contribution is -2.04. The second kappa shape index (κ2) is 6.44. The Morgan fingerprint density at radius 2 is 1.88 bits per heavy atom. The number of aryl methyl sites for hydroxylation is 2. The lowest BCUT2D eigenvalue weighted by atomic mass is 10.2. The molecule has 0 fully saturated rings. The Hall–Kier alpha value is -3.48. The predicted octanol–water partition coefficient (Wildman–Crippen LogP) is 4.86. The summed E-state index contributed by atoms with van der Waals surface area (Å²) in [6.45, 7) is 3.61. The van der Waals surface area contributed by atoms with Crippen LogP contribution in [0.15, 0.2) is 53.4 Å². The molecule has 2 N–H and O–H groups in total. The molecule has 0 saturated heterocycles. The zero-order valence-corrected chi connectivity index (χ0v) is 14.2. The van der Waals surface area contributed by atoms with Gasteiger partial charge in [-0.05, 0) is 43.7 Å². The normalized spacial score (nSPS) is 10.9. The molecule has 0 atom stereocenters. The fourth-order valence-electron chi connectivity index (χ4n) is 2.57. The maximum atomic E-state index is 14.2. The summed E-state index contributed by atoms with van der Waals surface area (Å²) in [4.78, 5) is 12.8. The standard InChI is InChI=1S/C19H16FN5O/c1-11-4-3-5-14(17(11)20)24-19-21-9-12(2)18(25-19)23-13-6-7-16-15(8-13)22-10-26-16/h3-10H,1-2H3,(H2,21,23,24,25). The van der Waals surface area contributed by atoms with E-state index < -0.39 is 0 Å². The fraction of sp³-hybridized carbons (Fsp3) is 0.105. The van der Waals surface area contributed by atoms with Crippen LogP contribution in [0.3, 0.4) is 0 Å². The average molecular weight is 349 g/mol. The molecule has 130 valence electrons. The molecule has 2 heterocycles. The Kier molecular flexibility index (Phi) is 3.96. The van der Waals surface area contributed by atoms with Crippen molar-refractivity contribution in [1.29, 1.82) is 0 Å². The third-order valence-corrected chi connectivity index (χ3v) is 4.00. The summed E-state index contributed by atoms with van der Waals surface area (Å²) >= 11 is 0. The number of halogens is 1. The van der Waals surface area contributed by atoms with E-state index in [0.29, 0.717) is 28.6 Å². The van der Waals surface area contributed by atoms with Crippen molar-refractivity contribution in [2.24, 2.45) is 0 Å². The molecular formula is C19H16FN5O. The van der Waals surface area contributed by atoms with E-state index in [0.717, 1.165) is 16.8 Å². The molecule has 0 radical (unpaired) electrons. The van der Waals surface area contributed by atoms with Crippen molar-refractivity contribution in [3.8, 4) is 0 Å². The van der Waals surface area contributed by atoms with Gasteiger partial charge >= 0.3 is 0 Å². The maximum Gasteiger partial charge on any atom is 0.229 e. The Bertz CT molecular complexity index is 1090. The minimum Gasteiger partial charge on any atom is -0.443 e. The van der Waals surface area contributed by atoms with E-state index in [1.807, 2.05) is 25.1 Å². The van der Waals surface area contributed by atoms with Crippen molar-refractivity contribution in [1.82, 2.24) is 15.0 Å². The molecule has 0 aliphatic carbocycles. The smallest absolute Gasteiger partial charge is 0.229 e. The van der Waals surface area contributed by atoms with Gasteiger partial charge in [0.25, 0.3) is 0 Å². The van der Waals surface area contributed by atoms with E-state index in [-0.39, 0.29) is 5.82 Å². The van der Waals surface area contributed by atoms with Gasteiger partial charge in [-0.15, -0.1) is 0 Å². The van der Waals surface area contributed by atoms with Gasteiger partial charge < -0.3 is 15.1 Å². The fourth-order valence-corrected chi connectivity index (χ4v) is 2.57. The molecule has 2 aromatic heterocycles. The number of nitrogens with one attached hydrogen (secondary N) is 2. The quantitative estimate of drug-likeness (QED) is 0.548. The van der Waals surface area contributed by atoms with E-state index in [9.17, 15) is 4.39 Å². The summed E-state index contributed by atoms with van der Waals surface area (Å²) in [7, 11) is 0. The van der Waals surface area contributed by atoms with Crippen LogP contribution in [0.1, 0.15) is 11.1 Å². The number of rotatable bonds is 4. The van der Waals surface area contributed by atoms with Gasteiger partial charge in [-0.25, -0.2) is 14.4 Å². The first-order valence-corrected chi connectivity index (χ1v) is 8.06. The molecular weight excluding hydrogens is 333 g/mol. The van der Waals surface area contributed by atoms with Gasteiger partial charge in [-0.3, -0.25) is 0 Å². The van der Waals surface area contributed by atoms with E-state index in [4.69, 9.17) is 4.42 Å². The highest BCUT2D eigenvalue weighted by Crippen LogP contribution is 2.25. The van der Waals surface area contributed by atoms with Gasteiger partial charge in [0.1, 0.15) is 17.2 Å². The number of fused-ring (bicyclic) bond motifs is 1. The third kappa shape index (κ3) is 3.06. The van der Waals surface area contributed by atoms with Crippen molar-refractivity contribution in [3.63, 3.8) is 0 Å². The summed E-state index contributed by atoms with van der Waals surface area (Å²) < 4.78 is 19.4. The summed E-state index contributed by atoms with van der Waals surface area (Å²) in [5.74, 6) is 0.617. The van der Waals surface area contributed by atoms with Crippen LogP contribution in [0.4, 0.5) is 27.5 Å². The largest absolute Gasteiger partial charge is 0.443 e. The van der Waals surface area contributed by atoms with Crippen molar-refractivity contribution in [3.05, 3.63) is 65.9 Å². The molecule has 2 aromatic carbocycles. The molecule has 0 aliphatic rings. The summed E-state index contributed by atoms with van der Waals surface area (Å²) in [6, 6.07) is 10.7. The number of nitrogens with zero attached hydrogens (tertiary/aromatic N) is 3. The summed E-state index contributed by atoms with van der Waals surface area (Å²) in [6.07, 6.45) is 3.09. The second-order valence-corrected chi connectivity index (χ2v) is 5.95. The molecule has 0 spiro atoms. The minimum absolute atomic E-state index is 0.310. The van der Waals surface area contributed by atoms with E-state index >= 15 is 0 Å². The van der Waals surface area contributed by atoms with Crippen LogP contribution < -0.4 is 10.6 Å². The highest BCUT2D eigenvalue weighted by molar-refractivity contribution is 5.78. The predicted molar refractivity (Wildman–Crippen MR) is 98.5 cm³/mol. The average Bonchev–Trinajstić information content (AvgIpc) is 3.09. The van der Waals surface area contributed by atoms with Crippen LogP contribution in [0, 0.1) is 19.7 Å². The number of hydrogen-bond acceptors (Lipinski definition) is 6. The number of aromatic nitrogens is 3. The van der Waals surface area contributed by atoms with Crippen LogP contribution >= 0.6 is 0 Å². The van der Waals surface area contributed by atoms with Crippen molar-refractivity contribution in [2.75, 3.05) is 10.6 Å². The second-order valence-electron chi connectivity index (χ2n) is 5.95. The van der Waals surface area contributed by atoms with Crippen LogP contribution in [0.25, 0.3) is 11.1 Å². The number of oxazole rings is 1. The highest BCUT2D eigenvalue weighted by Gasteiger charge is 2.09. The van der Waals surface area contributed by atoms with E-state index in [2.05, 4.69) is 25.6 Å². The Morgan fingerprint density at radius 1 is 1.00 bits per heavy atom. The lowest BCUT2D eigenvalue weighted by Gasteiger charge is -2.12. The summed E-state index contributed by atoms with van der Waals surface area (Å²) in [5.41, 5.74) is 4.04. The van der Waals surface area contributed by atoms with Crippen LogP contribution in [0.2, 0.25) is 0 Å². The molecule has 0 unspecified atom stereocenters. The molecule has 4 rings (SSSR count). The third-order valence-electron chi connectivity index (χ3n) is 4.00. The monoisotopic (exact) mass is 349 g/mol. The van der Waals surface area contributed by atoms with Crippen molar-refractivity contribution >= 4 is 34.2 Å². The van der Waals surface area contributed by atoms with Gasteiger partial charge in [0.05, 0.1) is 5.69 Å². The molecule has 0 amide bonds. The van der Waals surface area contributed by atoms with Gasteiger partial charge in [-0.1, -0.05) is 12.1 Å². The lowest BCUT2D eigenvalue weighted by molar-refractivity contribution is 0.602. The molecule has 4 aromatic rings. The maximum absolute atomic E-state index is 14.2. The Labute approximate surface area is 149 Å². The zero-order valence-electron chi connectivity index (χ0n) is 14.2. The molecule has 0 aliphatic heterocycles. The number of benzene rings is 2.